The highest BCUT2D eigenvalue weighted by atomic mass is 32.2. The minimum absolute atomic E-state index is 0.0675. The quantitative estimate of drug-likeness (QED) is 0.633. The van der Waals surface area contributed by atoms with E-state index in [9.17, 15) is 4.79 Å². The third-order valence-corrected chi connectivity index (χ3v) is 5.04. The van der Waals surface area contributed by atoms with Gasteiger partial charge in [0.25, 0.3) is 0 Å². The molecule has 0 spiro atoms. The molecule has 0 aliphatic heterocycles. The van der Waals surface area contributed by atoms with E-state index in [2.05, 4.69) is 15.5 Å². The molecule has 3 rings (SSSR count). The molecule has 0 saturated heterocycles. The van der Waals surface area contributed by atoms with E-state index >= 15 is 0 Å². The summed E-state index contributed by atoms with van der Waals surface area (Å²) in [7, 11) is 0. The van der Waals surface area contributed by atoms with Crippen molar-refractivity contribution in [3.63, 3.8) is 0 Å². The first-order valence-corrected chi connectivity index (χ1v) is 8.20. The number of nitrogens with zero attached hydrogens (tertiary/aromatic N) is 3. The fourth-order valence-corrected chi connectivity index (χ4v) is 3.38. The molecule has 1 atom stereocenters. The summed E-state index contributed by atoms with van der Waals surface area (Å²) < 4.78 is 1.54. The Kier molecular flexibility index (Phi) is 3.87. The van der Waals surface area contributed by atoms with Crippen LogP contribution in [0.15, 0.2) is 5.16 Å². The van der Waals surface area contributed by atoms with Gasteiger partial charge in [0.05, 0.1) is 5.25 Å². The molecule has 0 aromatic carbocycles. The van der Waals surface area contributed by atoms with Crippen LogP contribution in [-0.4, -0.2) is 32.1 Å². The highest BCUT2D eigenvalue weighted by Gasteiger charge is 2.31. The summed E-state index contributed by atoms with van der Waals surface area (Å²) >= 11 is 1.38. The molecule has 20 heavy (non-hydrogen) atoms. The average Bonchev–Trinajstić information content (AvgIpc) is 3.02. The van der Waals surface area contributed by atoms with E-state index in [4.69, 9.17) is 5.84 Å². The maximum absolute atomic E-state index is 12.1. The SMILES string of the molecule is C[C@@H](Sc1nnc(C2CC2)n1N)C(=O)NC1CCCC1. The third-order valence-electron chi connectivity index (χ3n) is 3.99. The number of nitrogen functional groups attached to an aromatic ring is 1. The third kappa shape index (κ3) is 2.92. The Morgan fingerprint density at radius 2 is 2.05 bits per heavy atom. The highest BCUT2D eigenvalue weighted by Crippen LogP contribution is 2.39. The Bertz CT molecular complexity index is 493. The van der Waals surface area contributed by atoms with Crippen LogP contribution in [-0.2, 0) is 4.79 Å². The number of thioether (sulfide) groups is 1. The Hall–Kier alpha value is -1.24. The number of amides is 1. The lowest BCUT2D eigenvalue weighted by molar-refractivity contribution is -0.120. The number of aromatic nitrogens is 3. The molecule has 0 radical (unpaired) electrons. The fraction of sp³-hybridized carbons (Fsp3) is 0.769. The predicted octanol–water partition coefficient (Wildman–Crippen LogP) is 1.41. The Balaban J connectivity index is 1.57. The molecule has 2 fully saturated rings. The van der Waals surface area contributed by atoms with Gasteiger partial charge in [0.2, 0.25) is 11.1 Å². The molecule has 2 aliphatic rings. The normalized spacial score (nSPS) is 21.1. The van der Waals surface area contributed by atoms with Crippen molar-refractivity contribution in [1.82, 2.24) is 20.2 Å². The van der Waals surface area contributed by atoms with E-state index in [0.717, 1.165) is 31.5 Å². The van der Waals surface area contributed by atoms with Crippen LogP contribution in [0.4, 0.5) is 0 Å². The highest BCUT2D eigenvalue weighted by molar-refractivity contribution is 8.00. The molecule has 110 valence electrons. The van der Waals surface area contributed by atoms with Crippen molar-refractivity contribution in [3.8, 4) is 0 Å². The van der Waals surface area contributed by atoms with Gasteiger partial charge in [-0.15, -0.1) is 10.2 Å². The lowest BCUT2D eigenvalue weighted by Gasteiger charge is -2.15. The predicted molar refractivity (Wildman–Crippen MR) is 77.9 cm³/mol. The van der Waals surface area contributed by atoms with E-state index in [1.54, 1.807) is 4.68 Å². The molecule has 0 bridgehead atoms. The van der Waals surface area contributed by atoms with Crippen molar-refractivity contribution in [2.24, 2.45) is 0 Å². The molecule has 7 heteroatoms. The number of carbonyl (C=O) groups excluding carboxylic acids is 1. The Labute approximate surface area is 122 Å². The van der Waals surface area contributed by atoms with Crippen molar-refractivity contribution in [2.75, 3.05) is 5.84 Å². The van der Waals surface area contributed by atoms with E-state index < -0.39 is 0 Å². The maximum atomic E-state index is 12.1. The van der Waals surface area contributed by atoms with Crippen LogP contribution in [0, 0.1) is 0 Å². The van der Waals surface area contributed by atoms with E-state index in [0.29, 0.717) is 17.1 Å². The summed E-state index contributed by atoms with van der Waals surface area (Å²) in [6, 6.07) is 0.350. The zero-order valence-corrected chi connectivity index (χ0v) is 12.5. The molecule has 1 aromatic rings. The molecule has 3 N–H and O–H groups in total. The van der Waals surface area contributed by atoms with Crippen LogP contribution < -0.4 is 11.2 Å². The zero-order chi connectivity index (χ0) is 14.1. The number of hydrogen-bond acceptors (Lipinski definition) is 5. The lowest BCUT2D eigenvalue weighted by Crippen LogP contribution is -2.37. The second-order valence-corrected chi connectivity index (χ2v) is 7.04. The zero-order valence-electron chi connectivity index (χ0n) is 11.7. The molecular formula is C13H21N5OS. The molecule has 1 aromatic heterocycles. The number of rotatable bonds is 5. The van der Waals surface area contributed by atoms with Crippen LogP contribution in [0.5, 0.6) is 0 Å². The van der Waals surface area contributed by atoms with Crippen molar-refractivity contribution < 1.29 is 4.79 Å². The molecule has 2 aliphatic carbocycles. The van der Waals surface area contributed by atoms with Crippen molar-refractivity contribution in [2.45, 2.75) is 67.8 Å². The van der Waals surface area contributed by atoms with Gasteiger partial charge in [-0.1, -0.05) is 24.6 Å². The average molecular weight is 295 g/mol. The van der Waals surface area contributed by atoms with Crippen LogP contribution in [0.2, 0.25) is 0 Å². The van der Waals surface area contributed by atoms with Gasteiger partial charge in [-0.2, -0.15) is 0 Å². The summed E-state index contributed by atoms with van der Waals surface area (Å²) in [6.45, 7) is 1.89. The summed E-state index contributed by atoms with van der Waals surface area (Å²) in [5, 5.41) is 11.8. The van der Waals surface area contributed by atoms with Crippen molar-refractivity contribution in [1.29, 1.82) is 0 Å². The van der Waals surface area contributed by atoms with Gasteiger partial charge in [0.15, 0.2) is 5.82 Å². The van der Waals surface area contributed by atoms with Crippen molar-refractivity contribution in [3.05, 3.63) is 5.82 Å². The van der Waals surface area contributed by atoms with E-state index in [-0.39, 0.29) is 11.2 Å². The fourth-order valence-electron chi connectivity index (χ4n) is 2.59. The van der Waals surface area contributed by atoms with Gasteiger partial charge in [0, 0.05) is 12.0 Å². The number of hydrogen-bond donors (Lipinski definition) is 2. The van der Waals surface area contributed by atoms with Gasteiger partial charge in [-0.05, 0) is 32.6 Å². The van der Waals surface area contributed by atoms with Crippen LogP contribution >= 0.6 is 11.8 Å². The number of nitrogens with one attached hydrogen (secondary N) is 1. The van der Waals surface area contributed by atoms with Gasteiger partial charge >= 0.3 is 0 Å². The molecule has 0 unspecified atom stereocenters. The first kappa shape index (κ1) is 13.7. The number of carbonyl (C=O) groups is 1. The summed E-state index contributed by atoms with van der Waals surface area (Å²) in [6.07, 6.45) is 6.90. The second-order valence-electron chi connectivity index (χ2n) is 5.74. The van der Waals surface area contributed by atoms with Crippen LogP contribution in [0.3, 0.4) is 0 Å². The van der Waals surface area contributed by atoms with Crippen LogP contribution in [0.1, 0.15) is 57.2 Å². The standard InChI is InChI=1S/C13H21N5OS/c1-8(12(19)15-10-4-2-3-5-10)20-13-17-16-11(18(13)14)9-6-7-9/h8-10H,2-7,14H2,1H3,(H,15,19)/t8-/m1/s1. The minimum atomic E-state index is -0.200. The Morgan fingerprint density at radius 1 is 1.35 bits per heavy atom. The maximum Gasteiger partial charge on any atom is 0.233 e. The number of nitrogens with two attached hydrogens (primary N) is 1. The first-order valence-electron chi connectivity index (χ1n) is 7.32. The summed E-state index contributed by atoms with van der Waals surface area (Å²) in [5.41, 5.74) is 0. The van der Waals surface area contributed by atoms with Gasteiger partial charge in [0.1, 0.15) is 0 Å². The van der Waals surface area contributed by atoms with Gasteiger partial charge < -0.3 is 11.2 Å². The van der Waals surface area contributed by atoms with E-state index in [1.807, 2.05) is 6.92 Å². The molecule has 1 heterocycles. The molecule has 1 amide bonds. The molecular weight excluding hydrogens is 274 g/mol. The lowest BCUT2D eigenvalue weighted by atomic mass is 10.2. The molecule has 2 saturated carbocycles. The van der Waals surface area contributed by atoms with Gasteiger partial charge in [-0.3, -0.25) is 4.79 Å². The summed E-state index contributed by atoms with van der Waals surface area (Å²) in [5.74, 6) is 7.37. The van der Waals surface area contributed by atoms with E-state index in [1.165, 1.54) is 24.6 Å². The van der Waals surface area contributed by atoms with Crippen molar-refractivity contribution >= 4 is 17.7 Å². The molecule has 6 nitrogen and oxygen atoms in total. The second kappa shape index (κ2) is 5.63. The monoisotopic (exact) mass is 295 g/mol. The minimum Gasteiger partial charge on any atom is -0.352 e. The largest absolute Gasteiger partial charge is 0.352 e. The smallest absolute Gasteiger partial charge is 0.233 e. The van der Waals surface area contributed by atoms with Crippen LogP contribution in [0.25, 0.3) is 0 Å². The first-order chi connectivity index (χ1) is 9.65. The topological polar surface area (TPSA) is 85.8 Å². The Morgan fingerprint density at radius 3 is 2.70 bits per heavy atom. The van der Waals surface area contributed by atoms with Gasteiger partial charge in [-0.25, -0.2) is 4.68 Å². The summed E-state index contributed by atoms with van der Waals surface area (Å²) in [4.78, 5) is 12.1.